The number of sulfone groups is 1. The van der Waals surface area contributed by atoms with Crippen molar-refractivity contribution in [1.29, 1.82) is 0 Å². The lowest BCUT2D eigenvalue weighted by Gasteiger charge is -2.17. The van der Waals surface area contributed by atoms with Gasteiger partial charge in [-0.3, -0.25) is 4.79 Å². The molecule has 140 valence electrons. The molecule has 2 heterocycles. The van der Waals surface area contributed by atoms with Gasteiger partial charge in [-0.25, -0.2) is 8.42 Å². The van der Waals surface area contributed by atoms with Gasteiger partial charge in [0.25, 0.3) is 0 Å². The molecule has 0 atom stereocenters. The number of nitrogens with zero attached hydrogens (tertiary/aromatic N) is 2. The summed E-state index contributed by atoms with van der Waals surface area (Å²) >= 11 is 1.93. The van der Waals surface area contributed by atoms with E-state index in [2.05, 4.69) is 15.5 Å². The zero-order chi connectivity index (χ0) is 18.4. The summed E-state index contributed by atoms with van der Waals surface area (Å²) in [5.41, 5.74) is 0. The number of rotatable bonds is 7. The second-order valence-electron chi connectivity index (χ2n) is 6.09. The SMILES string of the molecule is O=C(CCS(=O)(=O)c1ccccc1)NCc1nc(C2CCSCC2)no1. The summed E-state index contributed by atoms with van der Waals surface area (Å²) in [7, 11) is -3.46. The maximum absolute atomic E-state index is 12.2. The second-order valence-corrected chi connectivity index (χ2v) is 9.43. The van der Waals surface area contributed by atoms with Gasteiger partial charge in [-0.05, 0) is 36.5 Å². The number of benzene rings is 1. The highest BCUT2D eigenvalue weighted by atomic mass is 32.2. The molecule has 1 aliphatic heterocycles. The van der Waals surface area contributed by atoms with E-state index in [0.29, 0.717) is 17.6 Å². The molecule has 1 fully saturated rings. The molecule has 1 aromatic carbocycles. The number of carbonyl (C=O) groups excluding carboxylic acids is 1. The van der Waals surface area contributed by atoms with E-state index in [9.17, 15) is 13.2 Å². The maximum Gasteiger partial charge on any atom is 0.246 e. The van der Waals surface area contributed by atoms with Crippen LogP contribution in [-0.2, 0) is 21.2 Å². The van der Waals surface area contributed by atoms with Crippen molar-refractivity contribution in [3.05, 3.63) is 42.0 Å². The van der Waals surface area contributed by atoms with Gasteiger partial charge in [-0.1, -0.05) is 23.4 Å². The van der Waals surface area contributed by atoms with Crippen LogP contribution in [0, 0.1) is 0 Å². The Kier molecular flexibility index (Phi) is 6.31. The zero-order valence-corrected chi connectivity index (χ0v) is 15.9. The summed E-state index contributed by atoms with van der Waals surface area (Å²) in [5, 5.41) is 6.64. The summed E-state index contributed by atoms with van der Waals surface area (Å²) in [4.78, 5) is 16.5. The highest BCUT2D eigenvalue weighted by molar-refractivity contribution is 7.99. The molecule has 1 aliphatic rings. The number of aromatic nitrogens is 2. The fourth-order valence-electron chi connectivity index (χ4n) is 2.70. The Hall–Kier alpha value is -1.87. The molecule has 1 aromatic heterocycles. The van der Waals surface area contributed by atoms with E-state index in [4.69, 9.17) is 4.52 Å². The summed E-state index contributed by atoms with van der Waals surface area (Å²) in [6, 6.07) is 8.11. The van der Waals surface area contributed by atoms with Gasteiger partial charge in [0.05, 0.1) is 17.2 Å². The molecule has 0 radical (unpaired) electrons. The Bertz CT molecular complexity index is 831. The van der Waals surface area contributed by atoms with Crippen LogP contribution in [0.2, 0.25) is 0 Å². The van der Waals surface area contributed by atoms with Crippen molar-refractivity contribution in [1.82, 2.24) is 15.5 Å². The quantitative estimate of drug-likeness (QED) is 0.766. The molecule has 3 rings (SSSR count). The molecule has 0 aliphatic carbocycles. The van der Waals surface area contributed by atoms with E-state index in [0.717, 1.165) is 24.3 Å². The van der Waals surface area contributed by atoms with Crippen molar-refractivity contribution in [2.24, 2.45) is 0 Å². The average molecular weight is 396 g/mol. The molecule has 26 heavy (non-hydrogen) atoms. The molecule has 0 bridgehead atoms. The molecule has 1 N–H and O–H groups in total. The van der Waals surface area contributed by atoms with Gasteiger partial charge in [0, 0.05) is 12.3 Å². The first-order valence-electron chi connectivity index (χ1n) is 8.49. The summed E-state index contributed by atoms with van der Waals surface area (Å²) < 4.78 is 29.5. The molecular weight excluding hydrogens is 374 g/mol. The summed E-state index contributed by atoms with van der Waals surface area (Å²) in [5.74, 6) is 2.96. The van der Waals surface area contributed by atoms with E-state index in [1.54, 1.807) is 18.2 Å². The van der Waals surface area contributed by atoms with Crippen LogP contribution < -0.4 is 5.32 Å². The third-order valence-corrected chi connectivity index (χ3v) is 6.99. The molecule has 0 saturated carbocycles. The van der Waals surface area contributed by atoms with Gasteiger partial charge >= 0.3 is 0 Å². The number of carbonyl (C=O) groups is 1. The minimum Gasteiger partial charge on any atom is -0.347 e. The van der Waals surface area contributed by atoms with E-state index < -0.39 is 9.84 Å². The van der Waals surface area contributed by atoms with Crippen molar-refractivity contribution in [3.63, 3.8) is 0 Å². The lowest BCUT2D eigenvalue weighted by Crippen LogP contribution is -2.25. The topological polar surface area (TPSA) is 102 Å². The number of nitrogens with one attached hydrogen (secondary N) is 1. The number of hydrogen-bond donors (Lipinski definition) is 1. The van der Waals surface area contributed by atoms with Gasteiger partial charge in [-0.15, -0.1) is 0 Å². The van der Waals surface area contributed by atoms with Crippen molar-refractivity contribution in [2.75, 3.05) is 17.3 Å². The normalized spacial score (nSPS) is 15.7. The molecule has 1 amide bonds. The molecular formula is C17H21N3O4S2. The van der Waals surface area contributed by atoms with Crippen LogP contribution in [0.15, 0.2) is 39.8 Å². The largest absolute Gasteiger partial charge is 0.347 e. The fourth-order valence-corrected chi connectivity index (χ4v) is 5.06. The second kappa shape index (κ2) is 8.68. The molecule has 0 unspecified atom stereocenters. The molecule has 2 aromatic rings. The van der Waals surface area contributed by atoms with Crippen LogP contribution >= 0.6 is 11.8 Å². The van der Waals surface area contributed by atoms with Gasteiger partial charge in [0.15, 0.2) is 15.7 Å². The molecule has 1 saturated heterocycles. The highest BCUT2D eigenvalue weighted by Crippen LogP contribution is 2.29. The van der Waals surface area contributed by atoms with Gasteiger partial charge in [-0.2, -0.15) is 16.7 Å². The predicted octanol–water partition coefficient (Wildman–Crippen LogP) is 2.16. The lowest BCUT2D eigenvalue weighted by molar-refractivity contribution is -0.121. The van der Waals surface area contributed by atoms with Crippen molar-refractivity contribution < 1.29 is 17.7 Å². The number of amides is 1. The van der Waals surface area contributed by atoms with Crippen LogP contribution in [0.5, 0.6) is 0 Å². The Morgan fingerprint density at radius 2 is 1.96 bits per heavy atom. The Morgan fingerprint density at radius 3 is 2.69 bits per heavy atom. The number of thioether (sulfide) groups is 1. The Balaban J connectivity index is 1.46. The van der Waals surface area contributed by atoms with Crippen LogP contribution in [0.1, 0.15) is 36.9 Å². The minimum absolute atomic E-state index is 0.110. The van der Waals surface area contributed by atoms with E-state index in [1.165, 1.54) is 12.1 Å². The van der Waals surface area contributed by atoms with E-state index >= 15 is 0 Å². The minimum atomic E-state index is -3.46. The average Bonchev–Trinajstić information content (AvgIpc) is 3.15. The predicted molar refractivity (Wildman–Crippen MR) is 98.6 cm³/mol. The van der Waals surface area contributed by atoms with Gasteiger partial charge in [0.1, 0.15) is 0 Å². The fraction of sp³-hybridized carbons (Fsp3) is 0.471. The van der Waals surface area contributed by atoms with Crippen LogP contribution in [0.25, 0.3) is 0 Å². The van der Waals surface area contributed by atoms with E-state index in [-0.39, 0.29) is 29.5 Å². The summed E-state index contributed by atoms with van der Waals surface area (Å²) in [6.45, 7) is 0.110. The molecule has 7 nitrogen and oxygen atoms in total. The first-order valence-corrected chi connectivity index (χ1v) is 11.3. The first kappa shape index (κ1) is 18.9. The number of hydrogen-bond acceptors (Lipinski definition) is 7. The van der Waals surface area contributed by atoms with E-state index in [1.807, 2.05) is 11.8 Å². The van der Waals surface area contributed by atoms with Gasteiger partial charge in [0.2, 0.25) is 11.8 Å². The van der Waals surface area contributed by atoms with Crippen molar-refractivity contribution in [3.8, 4) is 0 Å². The smallest absolute Gasteiger partial charge is 0.246 e. The monoisotopic (exact) mass is 395 g/mol. The van der Waals surface area contributed by atoms with Crippen LogP contribution in [-0.4, -0.2) is 41.7 Å². The van der Waals surface area contributed by atoms with Crippen LogP contribution in [0.3, 0.4) is 0 Å². The third kappa shape index (κ3) is 5.07. The van der Waals surface area contributed by atoms with Crippen LogP contribution in [0.4, 0.5) is 0 Å². The highest BCUT2D eigenvalue weighted by Gasteiger charge is 2.21. The van der Waals surface area contributed by atoms with Crippen molar-refractivity contribution in [2.45, 2.75) is 36.6 Å². The first-order chi connectivity index (χ1) is 12.5. The molecule has 0 spiro atoms. The Morgan fingerprint density at radius 1 is 1.23 bits per heavy atom. The van der Waals surface area contributed by atoms with Gasteiger partial charge < -0.3 is 9.84 Å². The zero-order valence-electron chi connectivity index (χ0n) is 14.3. The Labute approximate surface area is 156 Å². The lowest BCUT2D eigenvalue weighted by atomic mass is 10.0. The molecule has 9 heteroatoms. The standard InChI is InChI=1S/C17H21N3O4S2/c21-15(8-11-26(22,23)14-4-2-1-3-5-14)18-12-16-19-17(20-24-16)13-6-9-25-10-7-13/h1-5,13H,6-12H2,(H,18,21). The van der Waals surface area contributed by atoms with Crippen molar-refractivity contribution >= 4 is 27.5 Å². The summed E-state index contributed by atoms with van der Waals surface area (Å²) in [6.07, 6.45) is 1.96. The third-order valence-electron chi connectivity index (χ3n) is 4.21. The maximum atomic E-state index is 12.2.